The van der Waals surface area contributed by atoms with Crippen LogP contribution in [0.4, 0.5) is 8.78 Å². The van der Waals surface area contributed by atoms with Gasteiger partial charge in [0.25, 0.3) is 5.91 Å². The van der Waals surface area contributed by atoms with Crippen LogP contribution in [-0.2, 0) is 22.6 Å². The van der Waals surface area contributed by atoms with Gasteiger partial charge in [-0.05, 0) is 12.8 Å². The molecule has 1 saturated carbocycles. The van der Waals surface area contributed by atoms with Crippen LogP contribution in [0.2, 0.25) is 0 Å². The van der Waals surface area contributed by atoms with E-state index in [0.717, 1.165) is 36.6 Å². The van der Waals surface area contributed by atoms with Crippen molar-refractivity contribution >= 4 is 23.4 Å². The number of alkyl halides is 3. The maximum Gasteiger partial charge on any atom is 0.367 e. The average Bonchev–Trinajstić information content (AvgIpc) is 2.89. The highest BCUT2D eigenvalue weighted by atomic mass is 35.5. The van der Waals surface area contributed by atoms with Crippen molar-refractivity contribution in [3.05, 3.63) is 11.9 Å². The summed E-state index contributed by atoms with van der Waals surface area (Å²) in [6.07, 6.45) is 5.77. The highest BCUT2D eigenvalue weighted by Crippen LogP contribution is 2.29. The van der Waals surface area contributed by atoms with E-state index < -0.39 is 23.1 Å². The summed E-state index contributed by atoms with van der Waals surface area (Å²) < 4.78 is 29.5. The Kier molecular flexibility index (Phi) is 6.31. The number of carbonyl (C=O) groups excluding carboxylic acids is 2. The molecule has 2 N–H and O–H groups in total. The fourth-order valence-corrected chi connectivity index (χ4v) is 3.20. The van der Waals surface area contributed by atoms with E-state index in [1.54, 1.807) is 0 Å². The highest BCUT2D eigenvalue weighted by Gasteiger charge is 2.45. The molecule has 25 heavy (non-hydrogen) atoms. The fourth-order valence-electron chi connectivity index (χ4n) is 3.13. The Labute approximate surface area is 149 Å². The number of aromatic nitrogens is 3. The van der Waals surface area contributed by atoms with E-state index in [9.17, 15) is 18.4 Å². The standard InChI is InChI=1S/C15H22ClF2N5O2/c1-23-11(9-20-22-23)15(17,18)13(25)19-10-14(21-12(24)8-16)6-4-2-3-5-7-14/h9H,2-8,10H2,1H3,(H,19,25)(H,21,24). The second-order valence-electron chi connectivity index (χ2n) is 6.38. The molecule has 7 nitrogen and oxygen atoms in total. The SMILES string of the molecule is Cn1nncc1C(F)(F)C(=O)NCC1(NC(=O)CCl)CCCCCC1. The Hall–Kier alpha value is -1.77. The summed E-state index contributed by atoms with van der Waals surface area (Å²) in [6, 6.07) is 0. The zero-order valence-corrected chi connectivity index (χ0v) is 14.8. The third-order valence-electron chi connectivity index (χ3n) is 4.50. The van der Waals surface area contributed by atoms with Gasteiger partial charge in [-0.15, -0.1) is 16.7 Å². The highest BCUT2D eigenvalue weighted by molar-refractivity contribution is 6.27. The Morgan fingerprint density at radius 2 is 1.96 bits per heavy atom. The van der Waals surface area contributed by atoms with Crippen molar-refractivity contribution in [2.45, 2.75) is 50.0 Å². The van der Waals surface area contributed by atoms with Crippen LogP contribution >= 0.6 is 11.6 Å². The van der Waals surface area contributed by atoms with Gasteiger partial charge in [0.05, 0.1) is 11.7 Å². The fraction of sp³-hybridized carbons (Fsp3) is 0.733. The van der Waals surface area contributed by atoms with Crippen molar-refractivity contribution in [2.24, 2.45) is 7.05 Å². The van der Waals surface area contributed by atoms with E-state index in [-0.39, 0.29) is 18.3 Å². The minimum absolute atomic E-state index is 0.0741. The van der Waals surface area contributed by atoms with Crippen LogP contribution in [0.5, 0.6) is 0 Å². The van der Waals surface area contributed by atoms with Crippen LogP contribution in [0.15, 0.2) is 6.20 Å². The number of rotatable bonds is 6. The lowest BCUT2D eigenvalue weighted by Gasteiger charge is -2.34. The molecule has 1 aromatic heterocycles. The van der Waals surface area contributed by atoms with Gasteiger partial charge >= 0.3 is 5.92 Å². The maximum atomic E-state index is 14.3. The van der Waals surface area contributed by atoms with Crippen LogP contribution in [0.1, 0.15) is 44.2 Å². The normalized spacial score (nSPS) is 17.6. The van der Waals surface area contributed by atoms with Crippen molar-refractivity contribution < 1.29 is 18.4 Å². The lowest BCUT2D eigenvalue weighted by Crippen LogP contribution is -2.57. The van der Waals surface area contributed by atoms with Crippen LogP contribution in [-0.4, -0.2) is 44.8 Å². The molecule has 1 aromatic rings. The van der Waals surface area contributed by atoms with Crippen LogP contribution in [0.25, 0.3) is 0 Å². The Balaban J connectivity index is 2.10. The summed E-state index contributed by atoms with van der Waals surface area (Å²) >= 11 is 5.56. The molecule has 1 fully saturated rings. The molecule has 1 heterocycles. The molecule has 0 unspecified atom stereocenters. The van der Waals surface area contributed by atoms with Gasteiger partial charge in [-0.2, -0.15) is 8.78 Å². The molecule has 2 amide bonds. The quantitative estimate of drug-likeness (QED) is 0.580. The molecule has 0 spiro atoms. The van der Waals surface area contributed by atoms with E-state index in [1.807, 2.05) is 0 Å². The van der Waals surface area contributed by atoms with E-state index in [4.69, 9.17) is 11.6 Å². The number of nitrogens with zero attached hydrogens (tertiary/aromatic N) is 3. The number of amides is 2. The summed E-state index contributed by atoms with van der Waals surface area (Å²) in [5, 5.41) is 11.9. The predicted molar refractivity (Wildman–Crippen MR) is 87.2 cm³/mol. The molecule has 0 bridgehead atoms. The van der Waals surface area contributed by atoms with Gasteiger partial charge in [0, 0.05) is 13.6 Å². The Morgan fingerprint density at radius 3 is 2.48 bits per heavy atom. The molecule has 0 aromatic carbocycles. The van der Waals surface area contributed by atoms with E-state index in [0.29, 0.717) is 12.8 Å². The number of hydrogen-bond acceptors (Lipinski definition) is 4. The van der Waals surface area contributed by atoms with Gasteiger partial charge in [-0.1, -0.05) is 30.9 Å². The molecule has 0 atom stereocenters. The first-order valence-corrected chi connectivity index (χ1v) is 8.72. The maximum absolute atomic E-state index is 14.3. The number of halogens is 3. The van der Waals surface area contributed by atoms with Crippen molar-refractivity contribution in [1.82, 2.24) is 25.6 Å². The first-order chi connectivity index (χ1) is 11.8. The van der Waals surface area contributed by atoms with E-state index in [2.05, 4.69) is 20.9 Å². The van der Waals surface area contributed by atoms with Gasteiger partial charge in [-0.3, -0.25) is 9.59 Å². The third-order valence-corrected chi connectivity index (χ3v) is 4.74. The second-order valence-corrected chi connectivity index (χ2v) is 6.64. The van der Waals surface area contributed by atoms with Crippen molar-refractivity contribution in [1.29, 1.82) is 0 Å². The summed E-state index contributed by atoms with van der Waals surface area (Å²) in [5.41, 5.74) is -1.34. The van der Waals surface area contributed by atoms with Gasteiger partial charge < -0.3 is 10.6 Å². The Bertz CT molecular complexity index is 615. The number of nitrogens with one attached hydrogen (secondary N) is 2. The molecular weight excluding hydrogens is 356 g/mol. The molecular formula is C15H22ClF2N5O2. The van der Waals surface area contributed by atoms with Gasteiger partial charge in [-0.25, -0.2) is 4.68 Å². The lowest BCUT2D eigenvalue weighted by atomic mass is 9.89. The minimum Gasteiger partial charge on any atom is -0.348 e. The summed E-state index contributed by atoms with van der Waals surface area (Å²) in [7, 11) is 1.29. The molecule has 1 aliphatic rings. The zero-order valence-electron chi connectivity index (χ0n) is 14.0. The molecule has 2 rings (SSSR count). The predicted octanol–water partition coefficient (Wildman–Crippen LogP) is 1.47. The number of carbonyl (C=O) groups is 2. The molecule has 0 radical (unpaired) electrons. The summed E-state index contributed by atoms with van der Waals surface area (Å²) in [4.78, 5) is 23.8. The third kappa shape index (κ3) is 4.65. The van der Waals surface area contributed by atoms with Gasteiger partial charge in [0.1, 0.15) is 11.6 Å². The smallest absolute Gasteiger partial charge is 0.348 e. The monoisotopic (exact) mass is 377 g/mol. The topological polar surface area (TPSA) is 88.9 Å². The average molecular weight is 378 g/mol. The molecule has 0 saturated heterocycles. The summed E-state index contributed by atoms with van der Waals surface area (Å²) in [5.74, 6) is -5.80. The molecule has 10 heteroatoms. The van der Waals surface area contributed by atoms with E-state index in [1.165, 1.54) is 7.05 Å². The van der Waals surface area contributed by atoms with Gasteiger partial charge in [0.2, 0.25) is 5.91 Å². The van der Waals surface area contributed by atoms with Crippen LogP contribution in [0, 0.1) is 0 Å². The molecule has 1 aliphatic carbocycles. The van der Waals surface area contributed by atoms with Crippen LogP contribution < -0.4 is 10.6 Å². The van der Waals surface area contributed by atoms with Crippen LogP contribution in [0.3, 0.4) is 0 Å². The molecule has 0 aliphatic heterocycles. The Morgan fingerprint density at radius 1 is 1.32 bits per heavy atom. The summed E-state index contributed by atoms with van der Waals surface area (Å²) in [6.45, 7) is -0.0741. The van der Waals surface area contributed by atoms with E-state index >= 15 is 0 Å². The van der Waals surface area contributed by atoms with Crippen molar-refractivity contribution in [3.63, 3.8) is 0 Å². The number of aryl methyl sites for hydroxylation is 1. The van der Waals surface area contributed by atoms with Gasteiger partial charge in [0.15, 0.2) is 0 Å². The molecule has 140 valence electrons. The zero-order chi connectivity index (χ0) is 18.5. The largest absolute Gasteiger partial charge is 0.367 e. The first-order valence-electron chi connectivity index (χ1n) is 8.19. The lowest BCUT2D eigenvalue weighted by molar-refractivity contribution is -0.148. The number of hydrogen-bond donors (Lipinski definition) is 2. The second kappa shape index (κ2) is 8.07. The first kappa shape index (κ1) is 19.6. The van der Waals surface area contributed by atoms with Crippen molar-refractivity contribution in [2.75, 3.05) is 12.4 Å². The minimum atomic E-state index is -3.76. The van der Waals surface area contributed by atoms with Crippen molar-refractivity contribution in [3.8, 4) is 0 Å².